The van der Waals surface area contributed by atoms with Gasteiger partial charge in [-0.1, -0.05) is 66.7 Å². The Balaban J connectivity index is 1.51. The van der Waals surface area contributed by atoms with Crippen molar-refractivity contribution in [3.63, 3.8) is 0 Å². The molecule has 0 radical (unpaired) electrons. The van der Waals surface area contributed by atoms with Crippen LogP contribution in [0, 0.1) is 18.6 Å². The number of aromatic nitrogens is 2. The van der Waals surface area contributed by atoms with E-state index in [2.05, 4.69) is 17.0 Å². The molecule has 0 amide bonds. The molecular weight excluding hydrogens is 512 g/mol. The molecule has 1 saturated heterocycles. The fourth-order valence-electron chi connectivity index (χ4n) is 5.31. The van der Waals surface area contributed by atoms with Gasteiger partial charge in [-0.25, -0.2) is 13.6 Å². The van der Waals surface area contributed by atoms with Crippen LogP contribution in [0.15, 0.2) is 88.5 Å². The number of halogens is 2. The summed E-state index contributed by atoms with van der Waals surface area (Å²) in [5.74, 6) is -1.50. The van der Waals surface area contributed by atoms with Gasteiger partial charge in [0.1, 0.15) is 17.3 Å². The van der Waals surface area contributed by atoms with Crippen LogP contribution in [0.2, 0.25) is 0 Å². The second kappa shape index (κ2) is 12.0. The lowest BCUT2D eigenvalue weighted by Crippen LogP contribution is -2.51. The van der Waals surface area contributed by atoms with Gasteiger partial charge in [-0.2, -0.15) is 0 Å². The van der Waals surface area contributed by atoms with Gasteiger partial charge in [0.2, 0.25) is 0 Å². The largest absolute Gasteiger partial charge is 0.363 e. The van der Waals surface area contributed by atoms with E-state index >= 15 is 0 Å². The van der Waals surface area contributed by atoms with Gasteiger partial charge in [0.05, 0.1) is 13.1 Å². The summed E-state index contributed by atoms with van der Waals surface area (Å²) in [7, 11) is 0. The highest BCUT2D eigenvalue weighted by Crippen LogP contribution is 2.21. The number of hydrogen-bond donors (Lipinski definition) is 1. The quantitative estimate of drug-likeness (QED) is 0.366. The van der Waals surface area contributed by atoms with Gasteiger partial charge in [-0.05, 0) is 30.2 Å². The third kappa shape index (κ3) is 5.76. The Hall–Kier alpha value is -4.08. The predicted molar refractivity (Wildman–Crippen MR) is 152 cm³/mol. The normalized spacial score (nSPS) is 14.8. The lowest BCUT2D eigenvalue weighted by atomic mass is 10.1. The summed E-state index contributed by atoms with van der Waals surface area (Å²) in [6.07, 6.45) is 0. The van der Waals surface area contributed by atoms with Crippen LogP contribution < -0.4 is 21.9 Å². The van der Waals surface area contributed by atoms with E-state index in [0.717, 1.165) is 41.9 Å². The van der Waals surface area contributed by atoms with Gasteiger partial charge in [-0.15, -0.1) is 0 Å². The lowest BCUT2D eigenvalue weighted by Gasteiger charge is -2.37. The van der Waals surface area contributed by atoms with Crippen molar-refractivity contribution < 1.29 is 8.78 Å². The van der Waals surface area contributed by atoms with E-state index in [1.54, 1.807) is 6.92 Å². The Morgan fingerprint density at radius 1 is 0.775 bits per heavy atom. The molecule has 3 aromatic carbocycles. The standard InChI is InChI=1S/C31H33F2N5O2/c1-22-29(36-17-15-35(16-18-36)19-23-9-4-2-5-10-23)30(39)38(21-28(34)24-11-6-3-7-12-24)31(40)37(22)20-25-26(32)13-8-14-27(25)33/h2-14,28H,15-21,34H2,1H3. The van der Waals surface area contributed by atoms with Crippen LogP contribution in [-0.2, 0) is 19.6 Å². The molecule has 1 aliphatic heterocycles. The highest BCUT2D eigenvalue weighted by Gasteiger charge is 2.26. The van der Waals surface area contributed by atoms with E-state index in [-0.39, 0.29) is 18.7 Å². The smallest absolute Gasteiger partial charge is 0.331 e. The van der Waals surface area contributed by atoms with Crippen LogP contribution in [-0.4, -0.2) is 40.2 Å². The second-order valence-corrected chi connectivity index (χ2v) is 10.2. The van der Waals surface area contributed by atoms with Crippen LogP contribution in [0.1, 0.15) is 28.4 Å². The van der Waals surface area contributed by atoms with Crippen molar-refractivity contribution in [2.45, 2.75) is 32.6 Å². The predicted octanol–water partition coefficient (Wildman–Crippen LogP) is 3.67. The molecule has 0 bridgehead atoms. The maximum absolute atomic E-state index is 14.6. The van der Waals surface area contributed by atoms with Crippen molar-refractivity contribution in [2.75, 3.05) is 31.1 Å². The SMILES string of the molecule is Cc1c(N2CCN(Cc3ccccc3)CC2)c(=O)n(CC(N)c2ccccc2)c(=O)n1Cc1c(F)cccc1F. The molecule has 0 aliphatic carbocycles. The molecule has 5 rings (SSSR count). The molecule has 40 heavy (non-hydrogen) atoms. The van der Waals surface area contributed by atoms with E-state index < -0.39 is 28.9 Å². The van der Waals surface area contributed by atoms with Crippen molar-refractivity contribution in [3.8, 4) is 0 Å². The highest BCUT2D eigenvalue weighted by atomic mass is 19.1. The Labute approximate surface area is 231 Å². The van der Waals surface area contributed by atoms with E-state index in [1.165, 1.54) is 16.2 Å². The van der Waals surface area contributed by atoms with Gasteiger partial charge in [0, 0.05) is 50.0 Å². The zero-order valence-electron chi connectivity index (χ0n) is 22.5. The minimum Gasteiger partial charge on any atom is -0.363 e. The number of benzene rings is 3. The fraction of sp³-hybridized carbons (Fsp3) is 0.290. The number of rotatable bonds is 8. The minimum atomic E-state index is -0.749. The molecule has 1 unspecified atom stereocenters. The molecule has 2 heterocycles. The molecule has 1 aliphatic rings. The summed E-state index contributed by atoms with van der Waals surface area (Å²) < 4.78 is 31.6. The van der Waals surface area contributed by atoms with E-state index in [1.807, 2.05) is 53.4 Å². The lowest BCUT2D eigenvalue weighted by molar-refractivity contribution is 0.249. The first kappa shape index (κ1) is 27.5. The molecule has 0 saturated carbocycles. The zero-order chi connectivity index (χ0) is 28.2. The minimum absolute atomic E-state index is 0.0668. The third-order valence-electron chi connectivity index (χ3n) is 7.58. The van der Waals surface area contributed by atoms with Gasteiger partial charge in [0.25, 0.3) is 5.56 Å². The van der Waals surface area contributed by atoms with E-state index in [9.17, 15) is 18.4 Å². The third-order valence-corrected chi connectivity index (χ3v) is 7.58. The van der Waals surface area contributed by atoms with Crippen molar-refractivity contribution >= 4 is 5.69 Å². The topological polar surface area (TPSA) is 76.5 Å². The van der Waals surface area contributed by atoms with E-state index in [0.29, 0.717) is 24.5 Å². The highest BCUT2D eigenvalue weighted by molar-refractivity contribution is 5.50. The summed E-state index contributed by atoms with van der Waals surface area (Å²) in [5.41, 5.74) is 7.81. The summed E-state index contributed by atoms with van der Waals surface area (Å²) in [6.45, 7) is 4.63. The number of anilines is 1. The second-order valence-electron chi connectivity index (χ2n) is 10.2. The van der Waals surface area contributed by atoms with Gasteiger partial charge in [-0.3, -0.25) is 18.8 Å². The summed E-state index contributed by atoms with van der Waals surface area (Å²) >= 11 is 0. The van der Waals surface area contributed by atoms with Crippen LogP contribution in [0.25, 0.3) is 0 Å². The van der Waals surface area contributed by atoms with Crippen LogP contribution in [0.3, 0.4) is 0 Å². The average molecular weight is 546 g/mol. The molecule has 4 aromatic rings. The maximum Gasteiger partial charge on any atom is 0.331 e. The molecule has 208 valence electrons. The molecule has 0 spiro atoms. The number of nitrogens with two attached hydrogens (primary N) is 1. The first-order valence-electron chi connectivity index (χ1n) is 13.4. The van der Waals surface area contributed by atoms with Gasteiger partial charge < -0.3 is 10.6 Å². The fourth-order valence-corrected chi connectivity index (χ4v) is 5.31. The number of nitrogens with zero attached hydrogens (tertiary/aromatic N) is 4. The Kier molecular flexibility index (Phi) is 8.23. The van der Waals surface area contributed by atoms with Gasteiger partial charge in [0.15, 0.2) is 0 Å². The van der Waals surface area contributed by atoms with Crippen molar-refractivity contribution in [3.05, 3.63) is 134 Å². The van der Waals surface area contributed by atoms with E-state index in [4.69, 9.17) is 5.73 Å². The van der Waals surface area contributed by atoms with Gasteiger partial charge >= 0.3 is 5.69 Å². The Morgan fingerprint density at radius 3 is 2.00 bits per heavy atom. The molecular formula is C31H33F2N5O2. The van der Waals surface area contributed by atoms with Crippen molar-refractivity contribution in [1.82, 2.24) is 14.0 Å². The number of hydrogen-bond acceptors (Lipinski definition) is 5. The maximum atomic E-state index is 14.6. The average Bonchev–Trinajstić information content (AvgIpc) is 2.96. The first-order chi connectivity index (χ1) is 19.3. The molecule has 9 heteroatoms. The Morgan fingerprint density at radius 2 is 1.38 bits per heavy atom. The monoisotopic (exact) mass is 545 g/mol. The molecule has 1 aromatic heterocycles. The van der Waals surface area contributed by atoms with Crippen LogP contribution in [0.5, 0.6) is 0 Å². The summed E-state index contributed by atoms with van der Waals surface area (Å²) in [4.78, 5) is 31.9. The molecule has 1 atom stereocenters. The molecule has 2 N–H and O–H groups in total. The summed E-state index contributed by atoms with van der Waals surface area (Å²) in [6, 6.07) is 22.4. The number of piperazine rings is 1. The Bertz CT molecular complexity index is 1560. The first-order valence-corrected chi connectivity index (χ1v) is 13.4. The van der Waals surface area contributed by atoms with Crippen LogP contribution >= 0.6 is 0 Å². The summed E-state index contributed by atoms with van der Waals surface area (Å²) in [5, 5.41) is 0. The molecule has 7 nitrogen and oxygen atoms in total. The molecule has 1 fully saturated rings. The van der Waals surface area contributed by atoms with Crippen LogP contribution in [0.4, 0.5) is 14.5 Å². The van der Waals surface area contributed by atoms with Crippen molar-refractivity contribution in [2.24, 2.45) is 5.73 Å². The zero-order valence-corrected chi connectivity index (χ0v) is 22.5. The van der Waals surface area contributed by atoms with Crippen molar-refractivity contribution in [1.29, 1.82) is 0 Å².